The van der Waals surface area contributed by atoms with Crippen molar-refractivity contribution in [1.82, 2.24) is 9.80 Å². The molecular formula is C21H30N4O2. The molecule has 3 rings (SSSR count). The van der Waals surface area contributed by atoms with Gasteiger partial charge >= 0.3 is 0 Å². The van der Waals surface area contributed by atoms with E-state index in [1.54, 1.807) is 0 Å². The summed E-state index contributed by atoms with van der Waals surface area (Å²) in [6.07, 6.45) is 0.0623. The highest BCUT2D eigenvalue weighted by molar-refractivity contribution is 5.82. The third-order valence-corrected chi connectivity index (χ3v) is 5.41. The number of benzene rings is 1. The number of piperazine rings is 1. The van der Waals surface area contributed by atoms with E-state index in [-0.39, 0.29) is 18.1 Å². The largest absolute Gasteiger partial charge is 0.487 e. The number of amides is 1. The van der Waals surface area contributed by atoms with Gasteiger partial charge in [-0.2, -0.15) is 5.26 Å². The molecule has 1 aromatic rings. The van der Waals surface area contributed by atoms with Gasteiger partial charge in [-0.1, -0.05) is 19.9 Å². The van der Waals surface area contributed by atoms with Crippen LogP contribution in [0.25, 0.3) is 0 Å². The van der Waals surface area contributed by atoms with Crippen LogP contribution in [0.15, 0.2) is 18.2 Å². The molecule has 27 heavy (non-hydrogen) atoms. The van der Waals surface area contributed by atoms with Gasteiger partial charge in [0.15, 0.2) is 0 Å². The van der Waals surface area contributed by atoms with Crippen molar-refractivity contribution in [2.75, 3.05) is 44.2 Å². The number of carbonyl (C=O) groups is 1. The van der Waals surface area contributed by atoms with Gasteiger partial charge in [0.2, 0.25) is 5.91 Å². The fourth-order valence-corrected chi connectivity index (χ4v) is 3.95. The van der Waals surface area contributed by atoms with Crippen LogP contribution in [0.2, 0.25) is 0 Å². The smallest absolute Gasteiger partial charge is 0.242 e. The van der Waals surface area contributed by atoms with Crippen molar-refractivity contribution < 1.29 is 9.53 Å². The molecule has 0 saturated carbocycles. The molecule has 0 radical (unpaired) electrons. The number of ether oxygens (including phenoxy) is 1. The van der Waals surface area contributed by atoms with Gasteiger partial charge in [0, 0.05) is 26.2 Å². The molecule has 146 valence electrons. The van der Waals surface area contributed by atoms with E-state index >= 15 is 0 Å². The number of nitriles is 1. The first-order valence-corrected chi connectivity index (χ1v) is 9.82. The Bertz CT molecular complexity index is 719. The average molecular weight is 370 g/mol. The number of aryl methyl sites for hydroxylation is 1. The first-order chi connectivity index (χ1) is 12.9. The normalized spacial score (nSPS) is 21.4. The van der Waals surface area contributed by atoms with E-state index in [1.165, 1.54) is 0 Å². The molecule has 0 unspecified atom stereocenters. The summed E-state index contributed by atoms with van der Waals surface area (Å²) in [5.41, 5.74) is 2.17. The van der Waals surface area contributed by atoms with Crippen LogP contribution < -0.4 is 9.64 Å². The lowest BCUT2D eigenvalue weighted by atomic mass is 10.0. The molecule has 0 bridgehead atoms. The van der Waals surface area contributed by atoms with Crippen LogP contribution in [-0.2, 0) is 4.79 Å². The Morgan fingerprint density at radius 1 is 1.30 bits per heavy atom. The zero-order valence-electron chi connectivity index (χ0n) is 16.8. The Kier molecular flexibility index (Phi) is 5.91. The molecule has 0 N–H and O–H groups in total. The number of hydrogen-bond acceptors (Lipinski definition) is 5. The van der Waals surface area contributed by atoms with Gasteiger partial charge in [-0.3, -0.25) is 9.69 Å². The average Bonchev–Trinajstić information content (AvgIpc) is 2.63. The molecule has 1 amide bonds. The van der Waals surface area contributed by atoms with Gasteiger partial charge < -0.3 is 14.5 Å². The quantitative estimate of drug-likeness (QED) is 0.814. The number of anilines is 1. The standard InChI is InChI=1S/C21H30N4O2/c1-15(2)19(12-22)23-7-9-24(10-8-23)21(26)14-25-13-17(4)27-20-6-5-16(3)11-18(20)25/h5-6,11,15,17,19H,7-10,13-14H2,1-4H3/t17-,19-/m0/s1. The van der Waals surface area contributed by atoms with Crippen molar-refractivity contribution in [3.63, 3.8) is 0 Å². The molecule has 0 spiro atoms. The maximum absolute atomic E-state index is 12.9. The number of nitrogens with zero attached hydrogens (tertiary/aromatic N) is 4. The highest BCUT2D eigenvalue weighted by Crippen LogP contribution is 2.34. The molecule has 1 aromatic carbocycles. The maximum atomic E-state index is 12.9. The number of hydrogen-bond donors (Lipinski definition) is 0. The van der Waals surface area contributed by atoms with Gasteiger partial charge in [-0.15, -0.1) is 0 Å². The second-order valence-electron chi connectivity index (χ2n) is 8.01. The van der Waals surface area contributed by atoms with E-state index < -0.39 is 0 Å². The van der Waals surface area contributed by atoms with Crippen LogP contribution in [0.5, 0.6) is 5.75 Å². The lowest BCUT2D eigenvalue weighted by Gasteiger charge is -2.40. The highest BCUT2D eigenvalue weighted by Gasteiger charge is 2.30. The summed E-state index contributed by atoms with van der Waals surface area (Å²) in [7, 11) is 0. The second-order valence-corrected chi connectivity index (χ2v) is 8.01. The summed E-state index contributed by atoms with van der Waals surface area (Å²) >= 11 is 0. The lowest BCUT2D eigenvalue weighted by molar-refractivity contribution is -0.131. The maximum Gasteiger partial charge on any atom is 0.242 e. The Balaban J connectivity index is 1.62. The summed E-state index contributed by atoms with van der Waals surface area (Å²) in [5, 5.41) is 9.39. The molecule has 0 aliphatic carbocycles. The van der Waals surface area contributed by atoms with Gasteiger partial charge in [-0.25, -0.2) is 0 Å². The molecule has 1 saturated heterocycles. The highest BCUT2D eigenvalue weighted by atomic mass is 16.5. The molecule has 1 fully saturated rings. The molecular weight excluding hydrogens is 340 g/mol. The van der Waals surface area contributed by atoms with Crippen LogP contribution in [0.1, 0.15) is 26.3 Å². The zero-order valence-corrected chi connectivity index (χ0v) is 16.8. The number of rotatable bonds is 4. The van der Waals surface area contributed by atoms with Crippen molar-refractivity contribution >= 4 is 11.6 Å². The molecule has 6 nitrogen and oxygen atoms in total. The number of fused-ring (bicyclic) bond motifs is 1. The predicted octanol–water partition coefficient (Wildman–Crippen LogP) is 2.27. The summed E-state index contributed by atoms with van der Waals surface area (Å²) in [5.74, 6) is 1.30. The first kappa shape index (κ1) is 19.5. The molecule has 0 aromatic heterocycles. The number of carbonyl (C=O) groups excluding carboxylic acids is 1. The van der Waals surface area contributed by atoms with Gasteiger partial charge in [0.25, 0.3) is 0 Å². The predicted molar refractivity (Wildman–Crippen MR) is 106 cm³/mol. The summed E-state index contributed by atoms with van der Waals surface area (Å²) in [4.78, 5) is 19.2. The van der Waals surface area contributed by atoms with E-state index in [0.29, 0.717) is 32.1 Å². The lowest BCUT2D eigenvalue weighted by Crippen LogP contribution is -2.55. The van der Waals surface area contributed by atoms with E-state index in [1.807, 2.05) is 24.0 Å². The van der Waals surface area contributed by atoms with E-state index in [0.717, 1.165) is 30.1 Å². The van der Waals surface area contributed by atoms with Gasteiger partial charge in [-0.05, 0) is 37.5 Å². The van der Waals surface area contributed by atoms with Gasteiger partial charge in [0.05, 0.1) is 24.8 Å². The van der Waals surface area contributed by atoms with Crippen LogP contribution in [0, 0.1) is 24.2 Å². The SMILES string of the molecule is Cc1ccc2c(c1)N(CC(=O)N1CCN([C@@H](C#N)C(C)C)CC1)C[C@H](C)O2. The van der Waals surface area contributed by atoms with Crippen LogP contribution in [0.3, 0.4) is 0 Å². The summed E-state index contributed by atoms with van der Waals surface area (Å²) < 4.78 is 5.92. The fraction of sp³-hybridized carbons (Fsp3) is 0.619. The van der Waals surface area contributed by atoms with E-state index in [4.69, 9.17) is 4.74 Å². The molecule has 6 heteroatoms. The Morgan fingerprint density at radius 2 is 2.00 bits per heavy atom. The second kappa shape index (κ2) is 8.18. The summed E-state index contributed by atoms with van der Waals surface area (Å²) in [6.45, 7) is 12.2. The molecule has 2 atom stereocenters. The van der Waals surface area contributed by atoms with E-state index in [9.17, 15) is 10.1 Å². The van der Waals surface area contributed by atoms with Crippen LogP contribution in [0.4, 0.5) is 5.69 Å². The van der Waals surface area contributed by atoms with Crippen molar-refractivity contribution in [3.8, 4) is 11.8 Å². The fourth-order valence-electron chi connectivity index (χ4n) is 3.95. The minimum absolute atomic E-state index is 0.0623. The molecule has 2 aliphatic heterocycles. The molecule has 2 heterocycles. The zero-order chi connectivity index (χ0) is 19.6. The minimum atomic E-state index is -0.0720. The van der Waals surface area contributed by atoms with Crippen molar-refractivity contribution in [3.05, 3.63) is 23.8 Å². The molecule has 2 aliphatic rings. The third-order valence-electron chi connectivity index (χ3n) is 5.41. The third kappa shape index (κ3) is 4.36. The van der Waals surface area contributed by atoms with Crippen LogP contribution >= 0.6 is 0 Å². The van der Waals surface area contributed by atoms with Crippen molar-refractivity contribution in [1.29, 1.82) is 5.26 Å². The summed E-state index contributed by atoms with van der Waals surface area (Å²) in [6, 6.07) is 8.45. The Hall–Kier alpha value is -2.26. The van der Waals surface area contributed by atoms with E-state index in [2.05, 4.69) is 42.7 Å². The first-order valence-electron chi connectivity index (χ1n) is 9.82. The van der Waals surface area contributed by atoms with Crippen LogP contribution in [-0.4, -0.2) is 67.1 Å². The minimum Gasteiger partial charge on any atom is -0.487 e. The Morgan fingerprint density at radius 3 is 2.63 bits per heavy atom. The van der Waals surface area contributed by atoms with Crippen molar-refractivity contribution in [2.24, 2.45) is 5.92 Å². The monoisotopic (exact) mass is 370 g/mol. The van der Waals surface area contributed by atoms with Crippen molar-refractivity contribution in [2.45, 2.75) is 39.8 Å². The van der Waals surface area contributed by atoms with Gasteiger partial charge in [0.1, 0.15) is 17.9 Å². The topological polar surface area (TPSA) is 59.8 Å². The Labute approximate surface area is 162 Å².